The van der Waals surface area contributed by atoms with Crippen LogP contribution in [0.15, 0.2) is 83.8 Å². The van der Waals surface area contributed by atoms with Gasteiger partial charge in [-0.05, 0) is 42.8 Å². The summed E-state index contributed by atoms with van der Waals surface area (Å²) in [5.41, 5.74) is 0.743. The zero-order valence-corrected chi connectivity index (χ0v) is 16.9. The van der Waals surface area contributed by atoms with E-state index in [1.54, 1.807) is 43.3 Å². The number of carbonyl (C=O) groups excluding carboxylic acids is 1. The summed E-state index contributed by atoms with van der Waals surface area (Å²) in [6.45, 7) is 1.55. The molecule has 0 aromatic heterocycles. The van der Waals surface area contributed by atoms with Gasteiger partial charge >= 0.3 is 5.97 Å². The first kappa shape index (κ1) is 21.2. The third-order valence-electron chi connectivity index (χ3n) is 4.48. The highest BCUT2D eigenvalue weighted by atomic mass is 32.2. The van der Waals surface area contributed by atoms with Crippen molar-refractivity contribution < 1.29 is 22.9 Å². The Bertz CT molecular complexity index is 1170. The molecule has 0 aliphatic rings. The molecule has 0 saturated carbocycles. The molecule has 0 radical (unpaired) electrons. The van der Waals surface area contributed by atoms with Crippen LogP contribution >= 0.6 is 0 Å². The molecule has 0 heterocycles. The van der Waals surface area contributed by atoms with Crippen molar-refractivity contribution >= 4 is 21.5 Å². The first-order chi connectivity index (χ1) is 14.3. The van der Waals surface area contributed by atoms with Crippen molar-refractivity contribution in [1.82, 2.24) is 0 Å². The lowest BCUT2D eigenvalue weighted by atomic mass is 10.1. The normalized spacial score (nSPS) is 12.2. The third kappa shape index (κ3) is 4.90. The molecule has 30 heavy (non-hydrogen) atoms. The summed E-state index contributed by atoms with van der Waals surface area (Å²) in [5.74, 6) is -0.961. The Balaban J connectivity index is 1.78. The Kier molecular flexibility index (Phi) is 6.27. The van der Waals surface area contributed by atoms with Gasteiger partial charge in [0.05, 0.1) is 26.7 Å². The number of esters is 1. The summed E-state index contributed by atoms with van der Waals surface area (Å²) < 4.78 is 30.5. The van der Waals surface area contributed by atoms with Gasteiger partial charge in [0, 0.05) is 6.07 Å². The summed E-state index contributed by atoms with van der Waals surface area (Å²) in [4.78, 5) is 23.4. The second kappa shape index (κ2) is 8.87. The lowest BCUT2D eigenvalue weighted by Gasteiger charge is -2.14. The maximum absolute atomic E-state index is 12.6. The quantitative estimate of drug-likeness (QED) is 0.314. The van der Waals surface area contributed by atoms with Crippen LogP contribution in [0.2, 0.25) is 0 Å². The van der Waals surface area contributed by atoms with Gasteiger partial charge in [-0.2, -0.15) is 0 Å². The second-order valence-corrected chi connectivity index (χ2v) is 8.63. The van der Waals surface area contributed by atoms with E-state index in [0.29, 0.717) is 5.56 Å². The number of hydrogen-bond donors (Lipinski definition) is 0. The Morgan fingerprint density at radius 1 is 1.00 bits per heavy atom. The van der Waals surface area contributed by atoms with E-state index >= 15 is 0 Å². The third-order valence-corrected chi connectivity index (χ3v) is 6.18. The minimum atomic E-state index is -3.56. The van der Waals surface area contributed by atoms with E-state index in [9.17, 15) is 23.3 Å². The first-order valence-corrected chi connectivity index (χ1v) is 10.7. The van der Waals surface area contributed by atoms with Gasteiger partial charge in [-0.15, -0.1) is 0 Å². The average molecular weight is 425 g/mol. The van der Waals surface area contributed by atoms with Crippen molar-refractivity contribution in [1.29, 1.82) is 0 Å². The molecule has 0 fully saturated rings. The molecule has 0 N–H and O–H groups in total. The Morgan fingerprint density at radius 2 is 1.67 bits per heavy atom. The van der Waals surface area contributed by atoms with Gasteiger partial charge in [0.1, 0.15) is 6.10 Å². The smallest absolute Gasteiger partial charge is 0.338 e. The predicted octanol–water partition coefficient (Wildman–Crippen LogP) is 4.49. The molecule has 1 unspecified atom stereocenters. The molecule has 154 valence electrons. The van der Waals surface area contributed by atoms with E-state index in [1.807, 2.05) is 0 Å². The van der Waals surface area contributed by atoms with Crippen molar-refractivity contribution in [3.05, 3.63) is 106 Å². The number of para-hydroxylation sites is 1. The Hall–Kier alpha value is -3.52. The molecule has 3 rings (SSSR count). The lowest BCUT2D eigenvalue weighted by Crippen LogP contribution is -2.11. The number of rotatable bonds is 7. The molecule has 1 atom stereocenters. The number of ether oxygens (including phenoxy) is 1. The molecule has 0 aliphatic heterocycles. The minimum Gasteiger partial charge on any atom is -0.454 e. The highest BCUT2D eigenvalue weighted by Crippen LogP contribution is 2.28. The van der Waals surface area contributed by atoms with Crippen LogP contribution in [-0.4, -0.2) is 19.3 Å². The number of nitro groups is 1. The van der Waals surface area contributed by atoms with Crippen LogP contribution in [0.4, 0.5) is 5.69 Å². The molecular formula is C22H19NO6S. The van der Waals surface area contributed by atoms with Crippen LogP contribution in [-0.2, 0) is 20.3 Å². The molecule has 0 saturated heterocycles. The molecule has 0 spiro atoms. The van der Waals surface area contributed by atoms with E-state index < -0.39 is 26.8 Å². The van der Waals surface area contributed by atoms with E-state index in [-0.39, 0.29) is 27.5 Å². The fourth-order valence-corrected chi connectivity index (χ4v) is 4.37. The molecule has 0 aliphatic carbocycles. The van der Waals surface area contributed by atoms with Crippen LogP contribution in [0.5, 0.6) is 0 Å². The zero-order chi connectivity index (χ0) is 21.7. The number of sulfone groups is 1. The number of carbonyl (C=O) groups is 1. The number of nitro benzene ring substituents is 1. The van der Waals surface area contributed by atoms with Gasteiger partial charge in [-0.3, -0.25) is 10.1 Å². The van der Waals surface area contributed by atoms with E-state index in [1.165, 1.54) is 42.5 Å². The van der Waals surface area contributed by atoms with Crippen LogP contribution in [0, 0.1) is 10.1 Å². The molecule has 3 aromatic rings. The van der Waals surface area contributed by atoms with E-state index in [4.69, 9.17) is 4.74 Å². The summed E-state index contributed by atoms with van der Waals surface area (Å²) in [6.07, 6.45) is -0.851. The molecular weight excluding hydrogens is 406 g/mol. The summed E-state index contributed by atoms with van der Waals surface area (Å²) in [6, 6.07) is 20.2. The van der Waals surface area contributed by atoms with Crippen molar-refractivity contribution in [3.8, 4) is 0 Å². The van der Waals surface area contributed by atoms with Gasteiger partial charge < -0.3 is 4.74 Å². The van der Waals surface area contributed by atoms with Gasteiger partial charge in [-0.1, -0.05) is 42.5 Å². The second-order valence-electron chi connectivity index (χ2n) is 6.64. The number of hydrogen-bond acceptors (Lipinski definition) is 6. The summed E-state index contributed by atoms with van der Waals surface area (Å²) >= 11 is 0. The average Bonchev–Trinajstić information content (AvgIpc) is 2.74. The first-order valence-electron chi connectivity index (χ1n) is 9.09. The standard InChI is InChI=1S/C22H19NO6S/c1-16(20-12-5-6-13-21(20)23(25)26)29-22(24)18-9-7-8-17(14-18)15-30(27,28)19-10-3-2-4-11-19/h2-14,16H,15H2,1H3. The molecule has 7 nitrogen and oxygen atoms in total. The number of nitrogens with zero attached hydrogens (tertiary/aromatic N) is 1. The predicted molar refractivity (Wildman–Crippen MR) is 111 cm³/mol. The fraction of sp³-hybridized carbons (Fsp3) is 0.136. The van der Waals surface area contributed by atoms with Crippen molar-refractivity contribution in [2.75, 3.05) is 0 Å². The van der Waals surface area contributed by atoms with Crippen LogP contribution in [0.1, 0.15) is 34.5 Å². The fourth-order valence-electron chi connectivity index (χ4n) is 3.01. The molecule has 0 amide bonds. The van der Waals surface area contributed by atoms with Crippen LogP contribution in [0.3, 0.4) is 0 Å². The van der Waals surface area contributed by atoms with Crippen molar-refractivity contribution in [3.63, 3.8) is 0 Å². The largest absolute Gasteiger partial charge is 0.454 e. The Labute approximate surface area is 174 Å². The lowest BCUT2D eigenvalue weighted by molar-refractivity contribution is -0.386. The monoisotopic (exact) mass is 425 g/mol. The maximum Gasteiger partial charge on any atom is 0.338 e. The van der Waals surface area contributed by atoms with Gasteiger partial charge in [-0.25, -0.2) is 13.2 Å². The topological polar surface area (TPSA) is 104 Å². The summed E-state index contributed by atoms with van der Waals surface area (Å²) in [7, 11) is -3.56. The van der Waals surface area contributed by atoms with Gasteiger partial charge in [0.15, 0.2) is 9.84 Å². The SMILES string of the molecule is CC(OC(=O)c1cccc(CS(=O)(=O)c2ccccc2)c1)c1ccccc1[N+](=O)[O-]. The van der Waals surface area contributed by atoms with E-state index in [2.05, 4.69) is 0 Å². The molecule has 0 bridgehead atoms. The Morgan fingerprint density at radius 3 is 2.37 bits per heavy atom. The van der Waals surface area contributed by atoms with Gasteiger partial charge in [0.2, 0.25) is 0 Å². The highest BCUT2D eigenvalue weighted by molar-refractivity contribution is 7.90. The summed E-state index contributed by atoms with van der Waals surface area (Å²) in [5, 5.41) is 11.2. The minimum absolute atomic E-state index is 0.138. The van der Waals surface area contributed by atoms with E-state index in [0.717, 1.165) is 0 Å². The van der Waals surface area contributed by atoms with Crippen molar-refractivity contribution in [2.24, 2.45) is 0 Å². The zero-order valence-electron chi connectivity index (χ0n) is 16.1. The van der Waals surface area contributed by atoms with Crippen LogP contribution < -0.4 is 0 Å². The molecule has 8 heteroatoms. The van der Waals surface area contributed by atoms with Crippen LogP contribution in [0.25, 0.3) is 0 Å². The maximum atomic E-state index is 12.6. The molecule has 3 aromatic carbocycles. The number of benzene rings is 3. The van der Waals surface area contributed by atoms with Crippen molar-refractivity contribution in [2.45, 2.75) is 23.7 Å². The highest BCUT2D eigenvalue weighted by Gasteiger charge is 2.22. The van der Waals surface area contributed by atoms with Gasteiger partial charge in [0.25, 0.3) is 5.69 Å².